The van der Waals surface area contributed by atoms with E-state index < -0.39 is 0 Å². The largest absolute Gasteiger partial charge is 0.298 e. The second-order valence-corrected chi connectivity index (χ2v) is 7.49. The Kier molecular flexibility index (Phi) is 3.92. The van der Waals surface area contributed by atoms with Gasteiger partial charge in [-0.05, 0) is 25.7 Å². The molecule has 0 saturated carbocycles. The fourth-order valence-corrected chi connectivity index (χ4v) is 4.35. The molecule has 0 aromatic carbocycles. The molecule has 2 atom stereocenters. The molecule has 0 spiro atoms. The lowest BCUT2D eigenvalue weighted by atomic mass is 10.1. The molecule has 0 radical (unpaired) electrons. The van der Waals surface area contributed by atoms with Crippen molar-refractivity contribution in [3.63, 3.8) is 0 Å². The van der Waals surface area contributed by atoms with Gasteiger partial charge in [-0.1, -0.05) is 13.8 Å². The van der Waals surface area contributed by atoms with Crippen LogP contribution in [0.5, 0.6) is 0 Å². The van der Waals surface area contributed by atoms with Crippen LogP contribution in [0.2, 0.25) is 0 Å². The summed E-state index contributed by atoms with van der Waals surface area (Å²) in [6.07, 6.45) is 2.70. The van der Waals surface area contributed by atoms with Crippen molar-refractivity contribution in [2.45, 2.75) is 52.2 Å². The third-order valence-corrected chi connectivity index (χ3v) is 5.26. The third kappa shape index (κ3) is 2.86. The summed E-state index contributed by atoms with van der Waals surface area (Å²) in [4.78, 5) is 10.0. The summed E-state index contributed by atoms with van der Waals surface area (Å²) in [7, 11) is 0. The minimum Gasteiger partial charge on any atom is -0.298 e. The first-order valence-electron chi connectivity index (χ1n) is 7.52. The van der Waals surface area contributed by atoms with Gasteiger partial charge in [0, 0.05) is 43.6 Å². The van der Waals surface area contributed by atoms with Crippen LogP contribution in [0, 0.1) is 12.8 Å². The van der Waals surface area contributed by atoms with Gasteiger partial charge in [0.1, 0.15) is 0 Å². The second kappa shape index (κ2) is 5.51. The molecule has 3 rings (SSSR count). The number of hydrogen-bond acceptors (Lipinski definition) is 4. The smallest absolute Gasteiger partial charge is 0.0897 e. The highest BCUT2D eigenvalue weighted by Gasteiger charge is 2.42. The van der Waals surface area contributed by atoms with Crippen molar-refractivity contribution >= 4 is 11.3 Å². The summed E-state index contributed by atoms with van der Waals surface area (Å²) < 4.78 is 0. The molecule has 0 N–H and O–H groups in total. The normalized spacial score (nSPS) is 28.4. The summed E-state index contributed by atoms with van der Waals surface area (Å²) in [6, 6.07) is 1.59. The van der Waals surface area contributed by atoms with Gasteiger partial charge in [-0.3, -0.25) is 9.80 Å². The lowest BCUT2D eigenvalue weighted by Crippen LogP contribution is -2.37. The molecule has 0 bridgehead atoms. The predicted octanol–water partition coefficient (Wildman–Crippen LogP) is 2.76. The second-order valence-electron chi connectivity index (χ2n) is 6.43. The van der Waals surface area contributed by atoms with Crippen LogP contribution in [0.15, 0.2) is 5.38 Å². The maximum absolute atomic E-state index is 4.62. The number of likely N-dealkylation sites (tertiary alicyclic amines) is 2. The molecule has 2 fully saturated rings. The minimum atomic E-state index is 0.778. The molecule has 2 aliphatic rings. The van der Waals surface area contributed by atoms with Gasteiger partial charge in [-0.15, -0.1) is 11.3 Å². The predicted molar refractivity (Wildman–Crippen MR) is 80.5 cm³/mol. The molecule has 2 saturated heterocycles. The highest BCUT2D eigenvalue weighted by molar-refractivity contribution is 7.09. The summed E-state index contributed by atoms with van der Waals surface area (Å²) >= 11 is 1.77. The lowest BCUT2D eigenvalue weighted by Gasteiger charge is -2.26. The van der Waals surface area contributed by atoms with Crippen LogP contribution in [0.1, 0.15) is 37.4 Å². The fourth-order valence-electron chi connectivity index (χ4n) is 3.75. The number of fused-ring (bicyclic) bond motifs is 1. The molecule has 19 heavy (non-hydrogen) atoms. The van der Waals surface area contributed by atoms with Crippen LogP contribution in [-0.4, -0.2) is 46.5 Å². The quantitative estimate of drug-likeness (QED) is 0.845. The van der Waals surface area contributed by atoms with Gasteiger partial charge in [0.25, 0.3) is 0 Å². The Hall–Kier alpha value is -0.450. The van der Waals surface area contributed by atoms with Crippen molar-refractivity contribution in [2.24, 2.45) is 5.92 Å². The van der Waals surface area contributed by atoms with E-state index in [2.05, 4.69) is 40.9 Å². The van der Waals surface area contributed by atoms with Crippen LogP contribution in [0.25, 0.3) is 0 Å². The molecule has 1 aromatic heterocycles. The van der Waals surface area contributed by atoms with E-state index in [0.29, 0.717) is 0 Å². The standard InChI is InChI=1S/C15H25N3S/c1-11(2)8-17-6-4-15-14(17)5-7-18(15)9-13-10-19-12(3)16-13/h10-11,14-15H,4-9H2,1-3H3/t14-,15+/m1/s1. The molecular weight excluding hydrogens is 254 g/mol. The Morgan fingerprint density at radius 1 is 1.26 bits per heavy atom. The highest BCUT2D eigenvalue weighted by atomic mass is 32.1. The van der Waals surface area contributed by atoms with E-state index in [1.165, 1.54) is 43.2 Å². The molecule has 3 heterocycles. The van der Waals surface area contributed by atoms with Crippen LogP contribution in [-0.2, 0) is 6.54 Å². The van der Waals surface area contributed by atoms with E-state index in [4.69, 9.17) is 0 Å². The number of thiazole rings is 1. The van der Waals surface area contributed by atoms with Gasteiger partial charge < -0.3 is 0 Å². The van der Waals surface area contributed by atoms with E-state index >= 15 is 0 Å². The minimum absolute atomic E-state index is 0.778. The Morgan fingerprint density at radius 2 is 1.95 bits per heavy atom. The molecule has 3 nitrogen and oxygen atoms in total. The highest BCUT2D eigenvalue weighted by Crippen LogP contribution is 2.33. The van der Waals surface area contributed by atoms with Gasteiger partial charge >= 0.3 is 0 Å². The summed E-state index contributed by atoms with van der Waals surface area (Å²) in [5.74, 6) is 0.786. The number of nitrogens with zero attached hydrogens (tertiary/aromatic N) is 3. The van der Waals surface area contributed by atoms with E-state index in [0.717, 1.165) is 24.5 Å². The maximum atomic E-state index is 4.62. The summed E-state index contributed by atoms with van der Waals surface area (Å²) in [5, 5.41) is 3.42. The number of aromatic nitrogens is 1. The topological polar surface area (TPSA) is 19.4 Å². The third-order valence-electron chi connectivity index (χ3n) is 4.44. The van der Waals surface area contributed by atoms with Crippen molar-refractivity contribution in [1.82, 2.24) is 14.8 Å². The Balaban J connectivity index is 1.61. The van der Waals surface area contributed by atoms with Crippen molar-refractivity contribution in [2.75, 3.05) is 19.6 Å². The molecule has 2 aliphatic heterocycles. The van der Waals surface area contributed by atoms with Crippen LogP contribution in [0.3, 0.4) is 0 Å². The Morgan fingerprint density at radius 3 is 2.58 bits per heavy atom. The number of hydrogen-bond donors (Lipinski definition) is 0. The first kappa shape index (κ1) is 13.5. The van der Waals surface area contributed by atoms with Crippen LogP contribution in [0.4, 0.5) is 0 Å². The summed E-state index contributed by atoms with van der Waals surface area (Å²) in [5.41, 5.74) is 1.27. The van der Waals surface area contributed by atoms with Crippen molar-refractivity contribution in [3.05, 3.63) is 16.1 Å². The monoisotopic (exact) mass is 279 g/mol. The van der Waals surface area contributed by atoms with Crippen LogP contribution >= 0.6 is 11.3 Å². The zero-order valence-corrected chi connectivity index (χ0v) is 13.1. The van der Waals surface area contributed by atoms with Crippen molar-refractivity contribution in [3.8, 4) is 0 Å². The average molecular weight is 279 g/mol. The first-order chi connectivity index (χ1) is 9.13. The molecule has 4 heteroatoms. The molecule has 1 aromatic rings. The van der Waals surface area contributed by atoms with E-state index in [1.807, 2.05) is 0 Å². The van der Waals surface area contributed by atoms with Gasteiger partial charge in [0.15, 0.2) is 0 Å². The van der Waals surface area contributed by atoms with Crippen LogP contribution < -0.4 is 0 Å². The zero-order valence-electron chi connectivity index (χ0n) is 12.3. The maximum Gasteiger partial charge on any atom is 0.0897 e. The molecular formula is C15H25N3S. The SMILES string of the molecule is Cc1nc(CN2CC[C@@H]3[C@@H]2CCN3CC(C)C)cs1. The van der Waals surface area contributed by atoms with E-state index in [-0.39, 0.29) is 0 Å². The number of rotatable bonds is 4. The molecule has 106 valence electrons. The van der Waals surface area contributed by atoms with E-state index in [9.17, 15) is 0 Å². The Bertz CT molecular complexity index is 429. The Labute approximate surface area is 120 Å². The lowest BCUT2D eigenvalue weighted by molar-refractivity contribution is 0.203. The zero-order chi connectivity index (χ0) is 13.4. The van der Waals surface area contributed by atoms with Gasteiger partial charge in [-0.25, -0.2) is 4.98 Å². The molecule has 0 aliphatic carbocycles. The van der Waals surface area contributed by atoms with Gasteiger partial charge in [-0.2, -0.15) is 0 Å². The molecule has 0 unspecified atom stereocenters. The first-order valence-corrected chi connectivity index (χ1v) is 8.40. The van der Waals surface area contributed by atoms with Gasteiger partial charge in [0.2, 0.25) is 0 Å². The van der Waals surface area contributed by atoms with Crippen molar-refractivity contribution in [1.29, 1.82) is 0 Å². The average Bonchev–Trinajstić information content (AvgIpc) is 3.00. The number of aryl methyl sites for hydroxylation is 1. The molecule has 0 amide bonds. The van der Waals surface area contributed by atoms with Gasteiger partial charge in [0.05, 0.1) is 10.7 Å². The van der Waals surface area contributed by atoms with Crippen molar-refractivity contribution < 1.29 is 0 Å². The fraction of sp³-hybridized carbons (Fsp3) is 0.800. The summed E-state index contributed by atoms with van der Waals surface area (Å²) in [6.45, 7) is 11.6. The van der Waals surface area contributed by atoms with E-state index in [1.54, 1.807) is 11.3 Å².